The number of hydrogen-bond acceptors (Lipinski definition) is 3. The van der Waals surface area contributed by atoms with E-state index in [1.165, 1.54) is 13.2 Å². The zero-order valence-corrected chi connectivity index (χ0v) is 10.5. The first kappa shape index (κ1) is 13.5. The zero-order valence-electron chi connectivity index (χ0n) is 10.5. The smallest absolute Gasteiger partial charge is 0.387 e. The third kappa shape index (κ3) is 3.53. The van der Waals surface area contributed by atoms with Crippen molar-refractivity contribution in [3.8, 4) is 5.75 Å². The standard InChI is InChI=1S/C14H14F2O3/c1-18-13(17)7-9-2-3-11-8-12(19-14(15)16)5-4-10(11)6-9/h4-6,8,14H,2-3,7H2,1H3. The number of rotatable bonds is 4. The van der Waals surface area contributed by atoms with Gasteiger partial charge in [0.15, 0.2) is 0 Å². The number of benzene rings is 1. The largest absolute Gasteiger partial charge is 0.469 e. The van der Waals surface area contributed by atoms with Crippen LogP contribution in [0.1, 0.15) is 24.0 Å². The fourth-order valence-corrected chi connectivity index (χ4v) is 2.10. The zero-order chi connectivity index (χ0) is 13.8. The fourth-order valence-electron chi connectivity index (χ4n) is 2.10. The quantitative estimate of drug-likeness (QED) is 0.787. The molecule has 0 atom stereocenters. The number of hydrogen-bond donors (Lipinski definition) is 0. The molecule has 1 aromatic carbocycles. The van der Waals surface area contributed by atoms with Crippen molar-refractivity contribution in [3.05, 3.63) is 34.9 Å². The number of methoxy groups -OCH3 is 1. The molecule has 0 radical (unpaired) electrons. The molecule has 1 aliphatic rings. The van der Waals surface area contributed by atoms with Gasteiger partial charge in [-0.2, -0.15) is 8.78 Å². The molecule has 0 heterocycles. The van der Waals surface area contributed by atoms with Gasteiger partial charge in [-0.25, -0.2) is 0 Å². The van der Waals surface area contributed by atoms with E-state index in [0.717, 1.165) is 23.1 Å². The summed E-state index contributed by atoms with van der Waals surface area (Å²) >= 11 is 0. The number of fused-ring (bicyclic) bond motifs is 1. The van der Waals surface area contributed by atoms with E-state index in [2.05, 4.69) is 9.47 Å². The molecule has 3 nitrogen and oxygen atoms in total. The monoisotopic (exact) mass is 268 g/mol. The van der Waals surface area contributed by atoms with Crippen molar-refractivity contribution in [3.63, 3.8) is 0 Å². The van der Waals surface area contributed by atoms with Crippen LogP contribution in [0.3, 0.4) is 0 Å². The van der Waals surface area contributed by atoms with E-state index in [4.69, 9.17) is 0 Å². The Morgan fingerprint density at radius 2 is 2.16 bits per heavy atom. The lowest BCUT2D eigenvalue weighted by atomic mass is 9.90. The molecular formula is C14H14F2O3. The maximum atomic E-state index is 12.1. The van der Waals surface area contributed by atoms with Gasteiger partial charge in [0.1, 0.15) is 5.75 Å². The van der Waals surface area contributed by atoms with E-state index in [1.807, 2.05) is 6.08 Å². The van der Waals surface area contributed by atoms with Crippen LogP contribution in [0.25, 0.3) is 6.08 Å². The molecule has 2 rings (SSSR count). The van der Waals surface area contributed by atoms with Gasteiger partial charge in [-0.05, 0) is 36.1 Å². The van der Waals surface area contributed by atoms with Crippen molar-refractivity contribution in [2.45, 2.75) is 25.9 Å². The Hall–Kier alpha value is -1.91. The van der Waals surface area contributed by atoms with E-state index >= 15 is 0 Å². The Labute approximate surface area is 109 Å². The van der Waals surface area contributed by atoms with Gasteiger partial charge < -0.3 is 9.47 Å². The second-order valence-corrected chi connectivity index (χ2v) is 4.29. The molecule has 0 spiro atoms. The van der Waals surface area contributed by atoms with Crippen LogP contribution in [0.2, 0.25) is 0 Å². The number of alkyl halides is 2. The van der Waals surface area contributed by atoms with Gasteiger partial charge in [-0.15, -0.1) is 0 Å². The second kappa shape index (κ2) is 5.82. The minimum absolute atomic E-state index is 0.165. The molecule has 0 unspecified atom stereocenters. The van der Waals surface area contributed by atoms with Crippen LogP contribution in [0.15, 0.2) is 23.8 Å². The number of esters is 1. The fraction of sp³-hybridized carbons (Fsp3) is 0.357. The summed E-state index contributed by atoms with van der Waals surface area (Å²) in [5.41, 5.74) is 2.88. The van der Waals surface area contributed by atoms with Crippen molar-refractivity contribution >= 4 is 12.0 Å². The van der Waals surface area contributed by atoms with Crippen molar-refractivity contribution in [2.24, 2.45) is 0 Å². The van der Waals surface area contributed by atoms with Gasteiger partial charge in [0.25, 0.3) is 0 Å². The number of carbonyl (C=O) groups excluding carboxylic acids is 1. The van der Waals surface area contributed by atoms with E-state index in [-0.39, 0.29) is 18.1 Å². The molecule has 0 saturated heterocycles. The molecule has 1 aromatic rings. The van der Waals surface area contributed by atoms with Crippen LogP contribution in [0, 0.1) is 0 Å². The molecule has 0 N–H and O–H groups in total. The Morgan fingerprint density at radius 3 is 2.84 bits per heavy atom. The third-order valence-corrected chi connectivity index (χ3v) is 3.01. The Bertz CT molecular complexity index is 509. The molecule has 0 aliphatic heterocycles. The number of ether oxygens (including phenoxy) is 2. The van der Waals surface area contributed by atoms with E-state index < -0.39 is 6.61 Å². The maximum absolute atomic E-state index is 12.1. The lowest BCUT2D eigenvalue weighted by molar-refractivity contribution is -0.139. The SMILES string of the molecule is COC(=O)CC1=Cc2ccc(OC(F)F)cc2CC1. The van der Waals surface area contributed by atoms with Crippen LogP contribution < -0.4 is 4.74 Å². The average molecular weight is 268 g/mol. The number of halogens is 2. The molecule has 19 heavy (non-hydrogen) atoms. The highest BCUT2D eigenvalue weighted by Gasteiger charge is 2.15. The topological polar surface area (TPSA) is 35.5 Å². The first-order chi connectivity index (χ1) is 9.08. The average Bonchev–Trinajstić information content (AvgIpc) is 2.38. The third-order valence-electron chi connectivity index (χ3n) is 3.01. The summed E-state index contributed by atoms with van der Waals surface area (Å²) in [6, 6.07) is 4.85. The highest BCUT2D eigenvalue weighted by Crippen LogP contribution is 2.29. The van der Waals surface area contributed by atoms with Gasteiger partial charge in [-0.3, -0.25) is 4.79 Å². The number of carbonyl (C=O) groups is 1. The minimum atomic E-state index is -2.81. The first-order valence-electron chi connectivity index (χ1n) is 5.92. The molecule has 0 aromatic heterocycles. The molecule has 0 saturated carbocycles. The summed E-state index contributed by atoms with van der Waals surface area (Å²) in [4.78, 5) is 11.2. The van der Waals surface area contributed by atoms with Gasteiger partial charge in [-0.1, -0.05) is 17.7 Å². The van der Waals surface area contributed by atoms with Gasteiger partial charge in [0, 0.05) is 0 Å². The first-order valence-corrected chi connectivity index (χ1v) is 5.92. The second-order valence-electron chi connectivity index (χ2n) is 4.29. The van der Waals surface area contributed by atoms with Crippen LogP contribution in [0.4, 0.5) is 8.78 Å². The van der Waals surface area contributed by atoms with Gasteiger partial charge >= 0.3 is 12.6 Å². The Balaban J connectivity index is 2.15. The van der Waals surface area contributed by atoms with Crippen molar-refractivity contribution in [1.82, 2.24) is 0 Å². The lowest BCUT2D eigenvalue weighted by Gasteiger charge is -2.17. The van der Waals surface area contributed by atoms with Crippen molar-refractivity contribution in [1.29, 1.82) is 0 Å². The minimum Gasteiger partial charge on any atom is -0.469 e. The summed E-state index contributed by atoms with van der Waals surface area (Å²) in [5, 5.41) is 0. The summed E-state index contributed by atoms with van der Waals surface area (Å²) in [7, 11) is 1.35. The summed E-state index contributed by atoms with van der Waals surface area (Å²) in [6.45, 7) is -2.81. The van der Waals surface area contributed by atoms with E-state index in [0.29, 0.717) is 6.42 Å². The normalized spacial score (nSPS) is 13.8. The molecule has 5 heteroatoms. The van der Waals surface area contributed by atoms with Crippen LogP contribution in [-0.2, 0) is 16.0 Å². The summed E-state index contributed by atoms with van der Waals surface area (Å²) in [5.74, 6) is -0.106. The van der Waals surface area contributed by atoms with Gasteiger partial charge in [0.2, 0.25) is 0 Å². The van der Waals surface area contributed by atoms with Crippen molar-refractivity contribution < 1.29 is 23.0 Å². The predicted octanol–water partition coefficient (Wildman–Crippen LogP) is 3.18. The Kier molecular flexibility index (Phi) is 4.14. The summed E-state index contributed by atoms with van der Waals surface area (Å²) < 4.78 is 33.2. The summed E-state index contributed by atoms with van der Waals surface area (Å²) in [6.07, 6.45) is 3.60. The number of aryl methyl sites for hydroxylation is 1. The van der Waals surface area contributed by atoms with Crippen LogP contribution >= 0.6 is 0 Å². The molecule has 0 amide bonds. The van der Waals surface area contributed by atoms with E-state index in [1.54, 1.807) is 12.1 Å². The van der Waals surface area contributed by atoms with Crippen LogP contribution in [0.5, 0.6) is 5.75 Å². The maximum Gasteiger partial charge on any atom is 0.387 e. The van der Waals surface area contributed by atoms with Crippen LogP contribution in [-0.4, -0.2) is 19.7 Å². The Morgan fingerprint density at radius 1 is 1.37 bits per heavy atom. The molecule has 102 valence electrons. The highest BCUT2D eigenvalue weighted by molar-refractivity contribution is 5.75. The van der Waals surface area contributed by atoms with E-state index in [9.17, 15) is 13.6 Å². The molecule has 0 bridgehead atoms. The predicted molar refractivity (Wildman–Crippen MR) is 66.0 cm³/mol. The lowest BCUT2D eigenvalue weighted by Crippen LogP contribution is -2.07. The molecule has 0 fully saturated rings. The highest BCUT2D eigenvalue weighted by atomic mass is 19.3. The molecule has 1 aliphatic carbocycles. The van der Waals surface area contributed by atoms with Gasteiger partial charge in [0.05, 0.1) is 13.5 Å². The molecular weight excluding hydrogens is 254 g/mol. The van der Waals surface area contributed by atoms with Crippen molar-refractivity contribution in [2.75, 3.05) is 7.11 Å².